The van der Waals surface area contributed by atoms with E-state index in [9.17, 15) is 19.1 Å². The number of hydrogen-bond donors (Lipinski definition) is 1. The highest BCUT2D eigenvalue weighted by Gasteiger charge is 2.20. The summed E-state index contributed by atoms with van der Waals surface area (Å²) in [6.07, 6.45) is 1.24. The molecule has 0 fully saturated rings. The van der Waals surface area contributed by atoms with E-state index in [4.69, 9.17) is 4.74 Å². The first-order valence-electron chi connectivity index (χ1n) is 9.27. The average molecular weight is 403 g/mol. The van der Waals surface area contributed by atoms with Gasteiger partial charge in [0, 0.05) is 12.7 Å². The molecule has 0 aliphatic carbocycles. The fourth-order valence-corrected chi connectivity index (χ4v) is 3.53. The molecule has 0 atom stereocenters. The lowest BCUT2D eigenvalue weighted by Crippen LogP contribution is -2.20. The number of hydrogen-bond acceptors (Lipinski definition) is 3. The Morgan fingerprint density at radius 1 is 1.00 bits per heavy atom. The normalized spacial score (nSPS) is 10.9. The van der Waals surface area contributed by atoms with Gasteiger partial charge in [0.2, 0.25) is 5.43 Å². The maximum absolute atomic E-state index is 14.5. The third-order valence-electron chi connectivity index (χ3n) is 5.00. The second-order valence-corrected chi connectivity index (χ2v) is 6.84. The number of benzene rings is 3. The van der Waals surface area contributed by atoms with Crippen molar-refractivity contribution >= 4 is 16.9 Å². The molecule has 0 radical (unpaired) electrons. The minimum Gasteiger partial charge on any atom is -0.495 e. The van der Waals surface area contributed by atoms with E-state index in [-0.39, 0.29) is 17.4 Å². The predicted octanol–water partition coefficient (Wildman–Crippen LogP) is 4.56. The topological polar surface area (TPSA) is 68.5 Å². The number of carboxylic acid groups (broad SMARTS) is 1. The number of carboxylic acids is 1. The van der Waals surface area contributed by atoms with E-state index in [1.165, 1.54) is 19.4 Å². The first kappa shape index (κ1) is 19.4. The van der Waals surface area contributed by atoms with Crippen LogP contribution in [0, 0.1) is 5.82 Å². The number of rotatable bonds is 5. The predicted molar refractivity (Wildman–Crippen MR) is 113 cm³/mol. The van der Waals surface area contributed by atoms with E-state index >= 15 is 0 Å². The first-order chi connectivity index (χ1) is 14.5. The zero-order valence-corrected chi connectivity index (χ0v) is 16.1. The van der Waals surface area contributed by atoms with Gasteiger partial charge in [0.05, 0.1) is 18.0 Å². The summed E-state index contributed by atoms with van der Waals surface area (Å²) in [4.78, 5) is 24.1. The molecule has 4 aromatic rings. The third-order valence-corrected chi connectivity index (χ3v) is 5.00. The summed E-state index contributed by atoms with van der Waals surface area (Å²) in [5.41, 5.74) is 1.84. The molecular weight excluding hydrogens is 385 g/mol. The van der Waals surface area contributed by atoms with Crippen LogP contribution in [-0.2, 0) is 6.54 Å². The molecule has 1 N–H and O–H groups in total. The number of halogens is 1. The Bertz CT molecular complexity index is 1300. The van der Waals surface area contributed by atoms with E-state index in [1.54, 1.807) is 4.57 Å². The lowest BCUT2D eigenvalue weighted by Gasteiger charge is -2.16. The zero-order valence-electron chi connectivity index (χ0n) is 16.1. The molecule has 0 saturated heterocycles. The maximum Gasteiger partial charge on any atom is 0.341 e. The van der Waals surface area contributed by atoms with Gasteiger partial charge in [-0.3, -0.25) is 4.79 Å². The van der Waals surface area contributed by atoms with Crippen LogP contribution in [0.3, 0.4) is 0 Å². The van der Waals surface area contributed by atoms with Crippen molar-refractivity contribution in [1.29, 1.82) is 0 Å². The maximum atomic E-state index is 14.5. The Labute approximate surface area is 171 Å². The smallest absolute Gasteiger partial charge is 0.341 e. The van der Waals surface area contributed by atoms with Gasteiger partial charge in [-0.15, -0.1) is 0 Å². The summed E-state index contributed by atoms with van der Waals surface area (Å²) in [6.45, 7) is 0.242. The van der Waals surface area contributed by atoms with Gasteiger partial charge >= 0.3 is 5.97 Å². The number of ether oxygens (including phenoxy) is 1. The summed E-state index contributed by atoms with van der Waals surface area (Å²) in [5, 5.41) is 9.13. The van der Waals surface area contributed by atoms with Crippen LogP contribution in [0.5, 0.6) is 5.75 Å². The molecule has 6 heteroatoms. The average Bonchev–Trinajstić information content (AvgIpc) is 2.76. The number of nitrogens with zero attached hydrogens (tertiary/aromatic N) is 1. The molecule has 4 rings (SSSR count). The van der Waals surface area contributed by atoms with E-state index < -0.39 is 22.8 Å². The van der Waals surface area contributed by atoms with Crippen molar-refractivity contribution in [2.24, 2.45) is 0 Å². The minimum absolute atomic E-state index is 0.222. The Hall–Kier alpha value is -3.93. The molecule has 0 aliphatic rings. The molecule has 0 amide bonds. The number of carbonyl (C=O) groups is 1. The number of methoxy groups -OCH3 is 1. The van der Waals surface area contributed by atoms with Gasteiger partial charge in [-0.2, -0.15) is 0 Å². The largest absolute Gasteiger partial charge is 0.495 e. The Balaban J connectivity index is 1.84. The van der Waals surface area contributed by atoms with Crippen LogP contribution < -0.4 is 10.2 Å². The molecule has 30 heavy (non-hydrogen) atoms. The van der Waals surface area contributed by atoms with Crippen LogP contribution >= 0.6 is 0 Å². The second-order valence-electron chi connectivity index (χ2n) is 6.84. The van der Waals surface area contributed by atoms with Crippen molar-refractivity contribution in [3.63, 3.8) is 0 Å². The Morgan fingerprint density at radius 3 is 2.30 bits per heavy atom. The fourth-order valence-electron chi connectivity index (χ4n) is 3.53. The summed E-state index contributed by atoms with van der Waals surface area (Å²) in [5.74, 6) is -1.90. The zero-order chi connectivity index (χ0) is 21.3. The van der Waals surface area contributed by atoms with Gasteiger partial charge in [0.25, 0.3) is 0 Å². The highest BCUT2D eigenvalue weighted by molar-refractivity contribution is 5.94. The van der Waals surface area contributed by atoms with E-state index in [0.29, 0.717) is 5.75 Å². The van der Waals surface area contributed by atoms with Crippen molar-refractivity contribution in [1.82, 2.24) is 4.57 Å². The van der Waals surface area contributed by atoms with Crippen molar-refractivity contribution < 1.29 is 19.0 Å². The van der Waals surface area contributed by atoms with Crippen molar-refractivity contribution in [2.45, 2.75) is 6.54 Å². The van der Waals surface area contributed by atoms with Crippen LogP contribution in [0.15, 0.2) is 77.7 Å². The highest BCUT2D eigenvalue weighted by Crippen LogP contribution is 2.27. The molecule has 0 spiro atoms. The number of aromatic nitrogens is 1. The lowest BCUT2D eigenvalue weighted by atomic mass is 10.0. The van der Waals surface area contributed by atoms with Crippen molar-refractivity contribution in [3.8, 4) is 16.9 Å². The van der Waals surface area contributed by atoms with E-state index in [0.717, 1.165) is 22.8 Å². The van der Waals surface area contributed by atoms with Crippen molar-refractivity contribution in [3.05, 3.63) is 100 Å². The Morgan fingerprint density at radius 2 is 1.67 bits per heavy atom. The van der Waals surface area contributed by atoms with E-state index in [2.05, 4.69) is 0 Å². The molecule has 0 aliphatic heterocycles. The molecule has 0 saturated carbocycles. The van der Waals surface area contributed by atoms with Crippen LogP contribution in [0.4, 0.5) is 4.39 Å². The summed E-state index contributed by atoms with van der Waals surface area (Å²) in [6, 6.07) is 20.2. The molecule has 5 nitrogen and oxygen atoms in total. The van der Waals surface area contributed by atoms with E-state index in [1.807, 2.05) is 54.6 Å². The standard InChI is InChI=1S/C24H18FNO4/c1-30-20-12-11-19(25)21-22(20)26(14-18(23(21)27)24(28)29)13-15-7-9-17(10-8-15)16-5-3-2-4-6-16/h2-12,14H,13H2,1H3,(H,28,29). The van der Waals surface area contributed by atoms with Gasteiger partial charge < -0.3 is 14.4 Å². The second kappa shape index (κ2) is 7.83. The molecule has 1 aromatic heterocycles. The summed E-state index contributed by atoms with van der Waals surface area (Å²) >= 11 is 0. The van der Waals surface area contributed by atoms with Gasteiger partial charge in [0.15, 0.2) is 0 Å². The lowest BCUT2D eigenvalue weighted by molar-refractivity contribution is 0.0695. The van der Waals surface area contributed by atoms with Crippen LogP contribution in [0.2, 0.25) is 0 Å². The first-order valence-corrected chi connectivity index (χ1v) is 9.27. The summed E-state index contributed by atoms with van der Waals surface area (Å²) in [7, 11) is 1.42. The monoisotopic (exact) mass is 403 g/mol. The van der Waals surface area contributed by atoms with Crippen molar-refractivity contribution in [2.75, 3.05) is 7.11 Å². The van der Waals surface area contributed by atoms with Crippen LogP contribution in [0.1, 0.15) is 15.9 Å². The SMILES string of the molecule is COc1ccc(F)c2c(=O)c(C(=O)O)cn(Cc3ccc(-c4ccccc4)cc3)c12. The van der Waals surface area contributed by atoms with Gasteiger partial charge in [-0.25, -0.2) is 9.18 Å². The number of fused-ring (bicyclic) bond motifs is 1. The molecule has 150 valence electrons. The minimum atomic E-state index is -1.41. The Kier molecular flexibility index (Phi) is 5.06. The highest BCUT2D eigenvalue weighted by atomic mass is 19.1. The molecule has 1 heterocycles. The number of pyridine rings is 1. The van der Waals surface area contributed by atoms with Crippen LogP contribution in [0.25, 0.3) is 22.0 Å². The fraction of sp³-hybridized carbons (Fsp3) is 0.0833. The molecule has 0 bridgehead atoms. The van der Waals surface area contributed by atoms with Crippen LogP contribution in [-0.4, -0.2) is 22.8 Å². The van der Waals surface area contributed by atoms with Gasteiger partial charge in [-0.1, -0.05) is 54.6 Å². The van der Waals surface area contributed by atoms with Gasteiger partial charge in [-0.05, 0) is 28.8 Å². The molecule has 0 unspecified atom stereocenters. The number of aromatic carboxylic acids is 1. The third kappa shape index (κ3) is 3.43. The van der Waals surface area contributed by atoms with Gasteiger partial charge in [0.1, 0.15) is 17.1 Å². The summed E-state index contributed by atoms with van der Waals surface area (Å²) < 4.78 is 21.4. The molecular formula is C24H18FNO4. The quantitative estimate of drug-likeness (QED) is 0.530. The molecule has 3 aromatic carbocycles.